The summed E-state index contributed by atoms with van der Waals surface area (Å²) in [5.74, 6) is -0.744. The van der Waals surface area contributed by atoms with Crippen molar-refractivity contribution in [2.24, 2.45) is 4.99 Å². The van der Waals surface area contributed by atoms with E-state index >= 15 is 0 Å². The number of allylic oxidation sites excluding steroid dienone is 2. The number of carbonyl (C=O) groups excluding carboxylic acids is 1. The zero-order valence-corrected chi connectivity index (χ0v) is 12.1. The average molecular weight is 287 g/mol. The molecule has 1 aromatic rings. The fourth-order valence-electron chi connectivity index (χ4n) is 1.46. The van der Waals surface area contributed by atoms with E-state index in [0.717, 1.165) is 0 Å². The fraction of sp³-hybridized carbons (Fsp3) is 0.125. The number of amides is 1. The average Bonchev–Trinajstić information content (AvgIpc) is 2.45. The topological polar surface area (TPSA) is 53.5 Å². The maximum absolute atomic E-state index is 13.8. The first kappa shape index (κ1) is 16.4. The van der Waals surface area contributed by atoms with Crippen LogP contribution in [0.1, 0.15) is 13.8 Å². The third-order valence-electron chi connectivity index (χ3n) is 2.35. The largest absolute Gasteiger partial charge is 0.342 e. The van der Waals surface area contributed by atoms with Gasteiger partial charge in [-0.1, -0.05) is 19.2 Å². The van der Waals surface area contributed by atoms with Crippen LogP contribution in [0.4, 0.5) is 15.8 Å². The van der Waals surface area contributed by atoms with Crippen molar-refractivity contribution < 1.29 is 9.18 Å². The lowest BCUT2D eigenvalue weighted by molar-refractivity contribution is -0.111. The molecule has 1 rings (SSSR count). The van der Waals surface area contributed by atoms with Gasteiger partial charge in [0.1, 0.15) is 0 Å². The summed E-state index contributed by atoms with van der Waals surface area (Å²) in [7, 11) is 0. The highest BCUT2D eigenvalue weighted by Gasteiger charge is 2.06. The first-order valence-electron chi connectivity index (χ1n) is 6.33. The fourth-order valence-corrected chi connectivity index (χ4v) is 1.46. The van der Waals surface area contributed by atoms with E-state index in [4.69, 9.17) is 0 Å². The zero-order valence-electron chi connectivity index (χ0n) is 12.1. The molecule has 4 nitrogen and oxygen atoms in total. The third kappa shape index (κ3) is 5.44. The predicted molar refractivity (Wildman–Crippen MR) is 85.2 cm³/mol. The molecule has 0 aromatic heterocycles. The van der Waals surface area contributed by atoms with Crippen LogP contribution in [-0.2, 0) is 4.79 Å². The van der Waals surface area contributed by atoms with Crippen LogP contribution in [0.15, 0.2) is 66.1 Å². The second kappa shape index (κ2) is 7.79. The molecule has 0 radical (unpaired) electrons. The lowest BCUT2D eigenvalue weighted by atomic mass is 10.2. The lowest BCUT2D eigenvalue weighted by Crippen LogP contribution is -2.21. The monoisotopic (exact) mass is 287 g/mol. The first-order chi connectivity index (χ1) is 9.96. The third-order valence-corrected chi connectivity index (χ3v) is 2.35. The van der Waals surface area contributed by atoms with Gasteiger partial charge in [0.05, 0.1) is 5.69 Å². The predicted octanol–water partition coefficient (Wildman–Crippen LogP) is 3.84. The molecule has 0 aliphatic heterocycles. The molecular weight excluding hydrogens is 269 g/mol. The van der Waals surface area contributed by atoms with Crippen LogP contribution in [0, 0.1) is 0 Å². The molecule has 110 valence electrons. The summed E-state index contributed by atoms with van der Waals surface area (Å²) in [6, 6.07) is 6.75. The number of amidine groups is 1. The molecule has 21 heavy (non-hydrogen) atoms. The number of rotatable bonds is 5. The van der Waals surface area contributed by atoms with E-state index in [9.17, 15) is 9.18 Å². The number of halogens is 1. The van der Waals surface area contributed by atoms with Crippen LogP contribution >= 0.6 is 0 Å². The number of hydrogen-bond acceptors (Lipinski definition) is 2. The molecule has 0 atom stereocenters. The minimum absolute atomic E-state index is 0.0668. The molecule has 0 saturated heterocycles. The van der Waals surface area contributed by atoms with E-state index in [1.165, 1.54) is 12.2 Å². The van der Waals surface area contributed by atoms with Gasteiger partial charge in [-0.2, -0.15) is 0 Å². The number of benzene rings is 1. The highest BCUT2D eigenvalue weighted by atomic mass is 19.1. The second-order valence-electron chi connectivity index (χ2n) is 4.25. The van der Waals surface area contributed by atoms with Gasteiger partial charge in [-0.25, -0.2) is 9.38 Å². The van der Waals surface area contributed by atoms with Crippen LogP contribution in [0.5, 0.6) is 0 Å². The van der Waals surface area contributed by atoms with Crippen LogP contribution < -0.4 is 10.6 Å². The van der Waals surface area contributed by atoms with E-state index in [0.29, 0.717) is 17.1 Å². The summed E-state index contributed by atoms with van der Waals surface area (Å²) in [6.07, 6.45) is 2.47. The van der Waals surface area contributed by atoms with Gasteiger partial charge >= 0.3 is 0 Å². The van der Waals surface area contributed by atoms with Crippen molar-refractivity contribution in [2.75, 3.05) is 5.32 Å². The molecule has 0 bridgehead atoms. The summed E-state index contributed by atoms with van der Waals surface area (Å²) < 4.78 is 13.8. The van der Waals surface area contributed by atoms with Gasteiger partial charge in [-0.15, -0.1) is 0 Å². The van der Waals surface area contributed by atoms with Crippen molar-refractivity contribution in [3.8, 4) is 0 Å². The van der Waals surface area contributed by atoms with Gasteiger partial charge in [-0.05, 0) is 44.2 Å². The Kier molecular flexibility index (Phi) is 6.07. The SMILES string of the molecule is C=CC(=O)Nc1cccc(N=C(NC(=C)C)C(F)=CC)c1. The molecule has 0 fully saturated rings. The Hall–Kier alpha value is -2.69. The summed E-state index contributed by atoms with van der Waals surface area (Å²) >= 11 is 0. The van der Waals surface area contributed by atoms with Crippen molar-refractivity contribution >= 4 is 23.1 Å². The standard InChI is InChI=1S/C16H18FN3O/c1-5-14(17)16(18-11(3)4)20-13-9-7-8-12(10-13)19-15(21)6-2/h5-10H,2-3H2,1,4H3,(H,18,20)(H,19,21). The minimum Gasteiger partial charge on any atom is -0.342 e. The maximum Gasteiger partial charge on any atom is 0.247 e. The van der Waals surface area contributed by atoms with Crippen LogP contribution in [0.3, 0.4) is 0 Å². The minimum atomic E-state index is -0.487. The molecule has 0 aliphatic carbocycles. The highest BCUT2D eigenvalue weighted by Crippen LogP contribution is 2.19. The van der Waals surface area contributed by atoms with Gasteiger partial charge in [0.15, 0.2) is 11.7 Å². The first-order valence-corrected chi connectivity index (χ1v) is 6.33. The van der Waals surface area contributed by atoms with Crippen LogP contribution in [-0.4, -0.2) is 11.7 Å². The summed E-state index contributed by atoms with van der Waals surface area (Å²) in [5.41, 5.74) is 1.62. The van der Waals surface area contributed by atoms with Gasteiger partial charge in [0.2, 0.25) is 5.91 Å². The maximum atomic E-state index is 13.8. The van der Waals surface area contributed by atoms with E-state index in [1.807, 2.05) is 0 Å². The van der Waals surface area contributed by atoms with Crippen LogP contribution in [0.2, 0.25) is 0 Å². The van der Waals surface area contributed by atoms with E-state index in [-0.39, 0.29) is 11.7 Å². The smallest absolute Gasteiger partial charge is 0.247 e. The highest BCUT2D eigenvalue weighted by molar-refractivity contribution is 6.00. The Balaban J connectivity index is 3.09. The molecule has 0 aliphatic rings. The summed E-state index contributed by atoms with van der Waals surface area (Å²) in [5, 5.41) is 5.38. The van der Waals surface area contributed by atoms with Crippen molar-refractivity contribution in [3.05, 3.63) is 61.1 Å². The second-order valence-corrected chi connectivity index (χ2v) is 4.25. The number of nitrogens with zero attached hydrogens (tertiary/aromatic N) is 1. The zero-order chi connectivity index (χ0) is 15.8. The summed E-state index contributed by atoms with van der Waals surface area (Å²) in [6.45, 7) is 10.3. The van der Waals surface area contributed by atoms with Gasteiger partial charge < -0.3 is 10.6 Å². The van der Waals surface area contributed by atoms with Crippen molar-refractivity contribution in [1.29, 1.82) is 0 Å². The number of carbonyl (C=O) groups is 1. The Morgan fingerprint density at radius 1 is 1.43 bits per heavy atom. The summed E-state index contributed by atoms with van der Waals surface area (Å²) in [4.78, 5) is 15.4. The van der Waals surface area contributed by atoms with Crippen molar-refractivity contribution in [1.82, 2.24) is 5.32 Å². The molecule has 5 heteroatoms. The Bertz CT molecular complexity index is 618. The Morgan fingerprint density at radius 3 is 2.71 bits per heavy atom. The molecular formula is C16H18FN3O. The van der Waals surface area contributed by atoms with Crippen molar-refractivity contribution in [3.63, 3.8) is 0 Å². The number of hydrogen-bond donors (Lipinski definition) is 2. The molecule has 0 saturated carbocycles. The quantitative estimate of drug-likeness (QED) is 0.491. The normalized spacial score (nSPS) is 11.8. The molecule has 0 heterocycles. The van der Waals surface area contributed by atoms with Gasteiger partial charge in [0, 0.05) is 11.4 Å². The lowest BCUT2D eigenvalue weighted by Gasteiger charge is -2.08. The number of aliphatic imine (C=N–C) groups is 1. The van der Waals surface area contributed by atoms with Gasteiger partial charge in [-0.3, -0.25) is 4.79 Å². The molecule has 2 N–H and O–H groups in total. The van der Waals surface area contributed by atoms with Crippen LogP contribution in [0.25, 0.3) is 0 Å². The molecule has 1 amide bonds. The number of nitrogens with one attached hydrogen (secondary N) is 2. The molecule has 0 spiro atoms. The van der Waals surface area contributed by atoms with E-state index in [1.54, 1.807) is 38.1 Å². The Labute approximate surface area is 123 Å². The molecule has 1 aromatic carbocycles. The Morgan fingerprint density at radius 2 is 2.14 bits per heavy atom. The van der Waals surface area contributed by atoms with Gasteiger partial charge in [0.25, 0.3) is 0 Å². The van der Waals surface area contributed by atoms with E-state index < -0.39 is 5.83 Å². The molecule has 0 unspecified atom stereocenters. The van der Waals surface area contributed by atoms with E-state index in [2.05, 4.69) is 28.8 Å². The number of anilines is 1. The van der Waals surface area contributed by atoms with Crippen molar-refractivity contribution in [2.45, 2.75) is 13.8 Å².